The van der Waals surface area contributed by atoms with Crippen LogP contribution in [0.4, 0.5) is 5.69 Å². The van der Waals surface area contributed by atoms with E-state index in [4.69, 9.17) is 9.84 Å². The van der Waals surface area contributed by atoms with Crippen molar-refractivity contribution in [2.24, 2.45) is 0 Å². The van der Waals surface area contributed by atoms with E-state index in [0.717, 1.165) is 11.6 Å². The van der Waals surface area contributed by atoms with Gasteiger partial charge in [0.2, 0.25) is 10.0 Å². The van der Waals surface area contributed by atoms with Crippen LogP contribution in [0.15, 0.2) is 24.3 Å². The molecule has 0 aliphatic rings. The number of ether oxygens (including phenoxy) is 1. The van der Waals surface area contributed by atoms with Gasteiger partial charge in [-0.05, 0) is 42.7 Å². The first-order valence-corrected chi connectivity index (χ1v) is 8.00. The van der Waals surface area contributed by atoms with Gasteiger partial charge in [-0.25, -0.2) is 13.2 Å². The molecule has 1 aromatic carbocycles. The van der Waals surface area contributed by atoms with Gasteiger partial charge in [0.1, 0.15) is 0 Å². The molecule has 0 aromatic heterocycles. The van der Waals surface area contributed by atoms with Crippen LogP contribution in [0.1, 0.15) is 17.5 Å². The third-order valence-electron chi connectivity index (χ3n) is 2.70. The second-order valence-corrected chi connectivity index (χ2v) is 6.36. The molecule has 116 valence electrons. The smallest absolute Gasteiger partial charge is 0.328 e. The quantitative estimate of drug-likeness (QED) is 0.564. The van der Waals surface area contributed by atoms with Gasteiger partial charge in [0.25, 0.3) is 0 Å². The van der Waals surface area contributed by atoms with Crippen molar-refractivity contribution in [2.75, 3.05) is 24.2 Å². The number of sulfonamides is 1. The normalized spacial score (nSPS) is 11.7. The molecule has 0 unspecified atom stereocenters. The summed E-state index contributed by atoms with van der Waals surface area (Å²) in [6.45, 7) is 2.14. The topological polar surface area (TPSA) is 92.7 Å². The minimum Gasteiger partial charge on any atom is -0.478 e. The Morgan fingerprint density at radius 3 is 2.71 bits per heavy atom. The highest BCUT2D eigenvalue weighted by Crippen LogP contribution is 2.19. The molecule has 0 saturated carbocycles. The summed E-state index contributed by atoms with van der Waals surface area (Å²) in [5.41, 5.74) is 1.90. The van der Waals surface area contributed by atoms with E-state index in [9.17, 15) is 13.2 Å². The van der Waals surface area contributed by atoms with Crippen LogP contribution < -0.4 is 4.72 Å². The second kappa shape index (κ2) is 7.80. The van der Waals surface area contributed by atoms with Crippen LogP contribution in [-0.2, 0) is 19.6 Å². The lowest BCUT2D eigenvalue weighted by molar-refractivity contribution is -0.131. The fraction of sp³-hybridized carbons (Fsp3) is 0.357. The SMILES string of the molecule is COCCCS(=O)(=O)Nc1ccc(C=CC(=O)O)cc1C. The summed E-state index contributed by atoms with van der Waals surface area (Å²) in [4.78, 5) is 10.4. The Hall–Kier alpha value is -1.86. The monoisotopic (exact) mass is 313 g/mol. The van der Waals surface area contributed by atoms with Crippen LogP contribution in [0.5, 0.6) is 0 Å². The van der Waals surface area contributed by atoms with E-state index in [0.29, 0.717) is 24.3 Å². The van der Waals surface area contributed by atoms with Gasteiger partial charge in [-0.3, -0.25) is 4.72 Å². The van der Waals surface area contributed by atoms with Crippen molar-refractivity contribution in [3.05, 3.63) is 35.4 Å². The Kier molecular flexibility index (Phi) is 6.39. The Labute approximate surface area is 124 Å². The highest BCUT2D eigenvalue weighted by Gasteiger charge is 2.11. The first kappa shape index (κ1) is 17.2. The summed E-state index contributed by atoms with van der Waals surface area (Å²) in [7, 11) is -1.89. The van der Waals surface area contributed by atoms with Gasteiger partial charge in [-0.1, -0.05) is 6.07 Å². The van der Waals surface area contributed by atoms with E-state index in [1.807, 2.05) is 0 Å². The van der Waals surface area contributed by atoms with Crippen LogP contribution in [0.3, 0.4) is 0 Å². The highest BCUT2D eigenvalue weighted by molar-refractivity contribution is 7.92. The zero-order chi connectivity index (χ0) is 15.9. The maximum absolute atomic E-state index is 11.9. The van der Waals surface area contributed by atoms with Crippen molar-refractivity contribution in [1.82, 2.24) is 0 Å². The summed E-state index contributed by atoms with van der Waals surface area (Å²) in [6, 6.07) is 4.98. The molecule has 7 heteroatoms. The summed E-state index contributed by atoms with van der Waals surface area (Å²) in [5, 5.41) is 8.57. The zero-order valence-electron chi connectivity index (χ0n) is 12.0. The first-order chi connectivity index (χ1) is 9.84. The predicted molar refractivity (Wildman–Crippen MR) is 81.8 cm³/mol. The fourth-order valence-electron chi connectivity index (χ4n) is 1.68. The van der Waals surface area contributed by atoms with E-state index in [2.05, 4.69) is 4.72 Å². The molecule has 0 atom stereocenters. The van der Waals surface area contributed by atoms with Crippen LogP contribution >= 0.6 is 0 Å². The maximum Gasteiger partial charge on any atom is 0.328 e. The molecule has 0 bridgehead atoms. The maximum atomic E-state index is 11.9. The van der Waals surface area contributed by atoms with Gasteiger partial charge >= 0.3 is 5.97 Å². The molecule has 1 aromatic rings. The lowest BCUT2D eigenvalue weighted by atomic mass is 10.1. The van der Waals surface area contributed by atoms with Crippen LogP contribution in [0.2, 0.25) is 0 Å². The van der Waals surface area contributed by atoms with Crippen molar-refractivity contribution in [2.45, 2.75) is 13.3 Å². The number of nitrogens with one attached hydrogen (secondary N) is 1. The fourth-order valence-corrected chi connectivity index (χ4v) is 2.85. The molecular formula is C14H19NO5S. The Morgan fingerprint density at radius 1 is 1.43 bits per heavy atom. The number of aryl methyl sites for hydroxylation is 1. The number of anilines is 1. The molecule has 1 rings (SSSR count). The number of aliphatic carboxylic acids is 1. The average molecular weight is 313 g/mol. The Bertz CT molecular complexity index is 622. The third-order valence-corrected chi connectivity index (χ3v) is 4.05. The molecule has 0 aliphatic heterocycles. The summed E-state index contributed by atoms with van der Waals surface area (Å²) >= 11 is 0. The number of carboxylic acids is 1. The van der Waals surface area contributed by atoms with E-state index in [1.165, 1.54) is 13.2 Å². The highest BCUT2D eigenvalue weighted by atomic mass is 32.2. The Balaban J connectivity index is 2.79. The lowest BCUT2D eigenvalue weighted by Gasteiger charge is -2.11. The molecule has 0 aliphatic carbocycles. The third kappa shape index (κ3) is 6.42. The molecule has 0 amide bonds. The number of methoxy groups -OCH3 is 1. The summed E-state index contributed by atoms with van der Waals surface area (Å²) in [6.07, 6.45) is 2.90. The van der Waals surface area contributed by atoms with Crippen molar-refractivity contribution < 1.29 is 23.1 Å². The van der Waals surface area contributed by atoms with E-state index in [-0.39, 0.29) is 5.75 Å². The minimum atomic E-state index is -3.41. The van der Waals surface area contributed by atoms with Gasteiger partial charge in [0.15, 0.2) is 0 Å². The van der Waals surface area contributed by atoms with E-state index in [1.54, 1.807) is 25.1 Å². The van der Waals surface area contributed by atoms with Crippen molar-refractivity contribution >= 4 is 27.8 Å². The molecule has 0 spiro atoms. The molecule has 0 fully saturated rings. The molecule has 6 nitrogen and oxygen atoms in total. The average Bonchev–Trinajstić information content (AvgIpc) is 2.39. The van der Waals surface area contributed by atoms with Gasteiger partial charge < -0.3 is 9.84 Å². The van der Waals surface area contributed by atoms with Gasteiger partial charge in [-0.2, -0.15) is 0 Å². The lowest BCUT2D eigenvalue weighted by Crippen LogP contribution is -2.18. The van der Waals surface area contributed by atoms with E-state index >= 15 is 0 Å². The standard InChI is InChI=1S/C14H19NO5S/c1-11-10-12(5-7-14(16)17)4-6-13(11)15-21(18,19)9-3-8-20-2/h4-7,10,15H,3,8-9H2,1-2H3,(H,16,17). The van der Waals surface area contributed by atoms with Crippen LogP contribution in [-0.4, -0.2) is 39.0 Å². The largest absolute Gasteiger partial charge is 0.478 e. The first-order valence-electron chi connectivity index (χ1n) is 6.35. The molecule has 0 radical (unpaired) electrons. The molecule has 21 heavy (non-hydrogen) atoms. The van der Waals surface area contributed by atoms with E-state index < -0.39 is 16.0 Å². The predicted octanol–water partition coefficient (Wildman–Crippen LogP) is 1.87. The molecule has 0 heterocycles. The molecule has 2 N–H and O–H groups in total. The number of carboxylic acid groups (broad SMARTS) is 1. The zero-order valence-corrected chi connectivity index (χ0v) is 12.8. The van der Waals surface area contributed by atoms with Gasteiger partial charge in [0.05, 0.1) is 11.4 Å². The van der Waals surface area contributed by atoms with Crippen LogP contribution in [0.25, 0.3) is 6.08 Å². The number of hydrogen-bond acceptors (Lipinski definition) is 4. The van der Waals surface area contributed by atoms with Crippen molar-refractivity contribution in [3.8, 4) is 0 Å². The molecular weight excluding hydrogens is 294 g/mol. The number of benzene rings is 1. The Morgan fingerprint density at radius 2 is 2.14 bits per heavy atom. The minimum absolute atomic E-state index is 0.0129. The van der Waals surface area contributed by atoms with Crippen LogP contribution in [0, 0.1) is 6.92 Å². The van der Waals surface area contributed by atoms with Crippen molar-refractivity contribution in [1.29, 1.82) is 0 Å². The van der Waals surface area contributed by atoms with Gasteiger partial charge in [0, 0.05) is 19.8 Å². The van der Waals surface area contributed by atoms with Crippen molar-refractivity contribution in [3.63, 3.8) is 0 Å². The summed E-state index contributed by atoms with van der Waals surface area (Å²) in [5.74, 6) is -1.04. The number of hydrogen-bond donors (Lipinski definition) is 2. The summed E-state index contributed by atoms with van der Waals surface area (Å²) < 4.78 is 31.1. The number of carbonyl (C=O) groups is 1. The second-order valence-electron chi connectivity index (χ2n) is 4.51. The number of rotatable bonds is 8. The van der Waals surface area contributed by atoms with Gasteiger partial charge in [-0.15, -0.1) is 0 Å². The molecule has 0 saturated heterocycles.